The first-order chi connectivity index (χ1) is 15.4. The lowest BCUT2D eigenvalue weighted by atomic mass is 10.1. The number of benzene rings is 1. The number of rotatable bonds is 6. The Kier molecular flexibility index (Phi) is 5.98. The van der Waals surface area contributed by atoms with Gasteiger partial charge in [-0.1, -0.05) is 30.3 Å². The highest BCUT2D eigenvalue weighted by atomic mass is 16.5. The SMILES string of the molecule is CC(C)(C)NC(=O)c1cc(-c2ccc(OCc3ccccc3)cn2)n(-c2cccnc2)n1. The van der Waals surface area contributed by atoms with Crippen molar-refractivity contribution in [3.63, 3.8) is 0 Å². The van der Waals surface area contributed by atoms with Crippen LogP contribution >= 0.6 is 0 Å². The summed E-state index contributed by atoms with van der Waals surface area (Å²) in [5, 5.41) is 7.48. The van der Waals surface area contributed by atoms with E-state index in [1.165, 1.54) is 0 Å². The largest absolute Gasteiger partial charge is 0.487 e. The summed E-state index contributed by atoms with van der Waals surface area (Å²) in [6.07, 6.45) is 5.06. The summed E-state index contributed by atoms with van der Waals surface area (Å²) in [6, 6.07) is 19.1. The van der Waals surface area contributed by atoms with Crippen molar-refractivity contribution < 1.29 is 9.53 Å². The van der Waals surface area contributed by atoms with Crippen LogP contribution in [0.5, 0.6) is 5.75 Å². The lowest BCUT2D eigenvalue weighted by Crippen LogP contribution is -2.40. The van der Waals surface area contributed by atoms with E-state index in [0.717, 1.165) is 11.3 Å². The van der Waals surface area contributed by atoms with Crippen molar-refractivity contribution in [1.29, 1.82) is 0 Å². The van der Waals surface area contributed by atoms with E-state index in [0.29, 0.717) is 29.4 Å². The summed E-state index contributed by atoms with van der Waals surface area (Å²) < 4.78 is 7.52. The van der Waals surface area contributed by atoms with E-state index in [2.05, 4.69) is 20.4 Å². The van der Waals surface area contributed by atoms with Crippen LogP contribution < -0.4 is 10.1 Å². The van der Waals surface area contributed by atoms with E-state index in [-0.39, 0.29) is 11.4 Å². The Morgan fingerprint density at radius 2 is 1.84 bits per heavy atom. The molecule has 0 aliphatic carbocycles. The molecule has 4 rings (SSSR count). The van der Waals surface area contributed by atoms with Crippen molar-refractivity contribution in [3.8, 4) is 22.8 Å². The van der Waals surface area contributed by atoms with Gasteiger partial charge in [0, 0.05) is 11.7 Å². The van der Waals surface area contributed by atoms with E-state index < -0.39 is 0 Å². The van der Waals surface area contributed by atoms with Gasteiger partial charge >= 0.3 is 0 Å². The molecular formula is C25H25N5O2. The Hall–Kier alpha value is -4.00. The average Bonchev–Trinajstić information content (AvgIpc) is 3.24. The fourth-order valence-corrected chi connectivity index (χ4v) is 3.11. The molecule has 0 aliphatic rings. The molecule has 1 aromatic carbocycles. The summed E-state index contributed by atoms with van der Waals surface area (Å²) in [6.45, 7) is 6.26. The zero-order chi connectivity index (χ0) is 22.6. The quantitative estimate of drug-likeness (QED) is 0.492. The van der Waals surface area contributed by atoms with Gasteiger partial charge < -0.3 is 10.1 Å². The van der Waals surface area contributed by atoms with Crippen LogP contribution in [0.15, 0.2) is 79.3 Å². The summed E-state index contributed by atoms with van der Waals surface area (Å²) in [4.78, 5) is 21.5. The molecule has 0 atom stereocenters. The van der Waals surface area contributed by atoms with Crippen LogP contribution in [0.25, 0.3) is 17.1 Å². The van der Waals surface area contributed by atoms with E-state index in [4.69, 9.17) is 4.74 Å². The maximum atomic E-state index is 12.7. The molecule has 0 unspecified atom stereocenters. The molecule has 0 bridgehead atoms. The van der Waals surface area contributed by atoms with Crippen molar-refractivity contribution >= 4 is 5.91 Å². The first-order valence-electron chi connectivity index (χ1n) is 10.4. The molecule has 7 heteroatoms. The van der Waals surface area contributed by atoms with Gasteiger partial charge in [-0.05, 0) is 56.7 Å². The fourth-order valence-electron chi connectivity index (χ4n) is 3.11. The van der Waals surface area contributed by atoms with Crippen molar-refractivity contribution in [1.82, 2.24) is 25.1 Å². The molecule has 3 aromatic heterocycles. The van der Waals surface area contributed by atoms with E-state index in [1.807, 2.05) is 75.4 Å². The second kappa shape index (κ2) is 9.01. The van der Waals surface area contributed by atoms with Crippen LogP contribution in [0.1, 0.15) is 36.8 Å². The monoisotopic (exact) mass is 427 g/mol. The molecule has 1 amide bonds. The predicted molar refractivity (Wildman–Crippen MR) is 123 cm³/mol. The Labute approximate surface area is 187 Å². The van der Waals surface area contributed by atoms with Gasteiger partial charge in [-0.25, -0.2) is 4.68 Å². The molecule has 3 heterocycles. The average molecular weight is 428 g/mol. The van der Waals surface area contributed by atoms with Gasteiger partial charge in [0.25, 0.3) is 5.91 Å². The Bertz CT molecular complexity index is 1180. The molecule has 4 aromatic rings. The third kappa shape index (κ3) is 5.18. The third-order valence-corrected chi connectivity index (χ3v) is 4.57. The molecule has 0 fully saturated rings. The van der Waals surface area contributed by atoms with Gasteiger partial charge in [0.05, 0.1) is 29.5 Å². The van der Waals surface area contributed by atoms with Crippen LogP contribution in [0.2, 0.25) is 0 Å². The third-order valence-electron chi connectivity index (χ3n) is 4.57. The number of hydrogen-bond donors (Lipinski definition) is 1. The number of nitrogens with zero attached hydrogens (tertiary/aromatic N) is 4. The summed E-state index contributed by atoms with van der Waals surface area (Å²) >= 11 is 0. The topological polar surface area (TPSA) is 81.9 Å². The molecule has 0 spiro atoms. The van der Waals surface area contributed by atoms with Crippen molar-refractivity contribution in [2.75, 3.05) is 0 Å². The Morgan fingerprint density at radius 1 is 1.03 bits per heavy atom. The second-order valence-electron chi connectivity index (χ2n) is 8.40. The van der Waals surface area contributed by atoms with Gasteiger partial charge in [-0.2, -0.15) is 5.10 Å². The van der Waals surface area contributed by atoms with E-state index in [1.54, 1.807) is 29.3 Å². The predicted octanol–water partition coefficient (Wildman–Crippen LogP) is 4.44. The number of pyridine rings is 2. The van der Waals surface area contributed by atoms with Gasteiger partial charge in [0.2, 0.25) is 0 Å². The lowest BCUT2D eigenvalue weighted by molar-refractivity contribution is 0.0914. The highest BCUT2D eigenvalue weighted by molar-refractivity contribution is 5.94. The van der Waals surface area contributed by atoms with Crippen LogP contribution in [0, 0.1) is 0 Å². The number of amides is 1. The van der Waals surface area contributed by atoms with Gasteiger partial charge in [-0.3, -0.25) is 14.8 Å². The van der Waals surface area contributed by atoms with E-state index >= 15 is 0 Å². The van der Waals surface area contributed by atoms with E-state index in [9.17, 15) is 4.79 Å². The van der Waals surface area contributed by atoms with Crippen molar-refractivity contribution in [2.24, 2.45) is 0 Å². The van der Waals surface area contributed by atoms with Gasteiger partial charge in [0.1, 0.15) is 12.4 Å². The minimum absolute atomic E-state index is 0.246. The lowest BCUT2D eigenvalue weighted by Gasteiger charge is -2.19. The molecule has 1 N–H and O–H groups in total. The molecule has 162 valence electrons. The molecule has 0 saturated carbocycles. The van der Waals surface area contributed by atoms with Gasteiger partial charge in [-0.15, -0.1) is 0 Å². The smallest absolute Gasteiger partial charge is 0.272 e. The van der Waals surface area contributed by atoms with Crippen LogP contribution in [-0.2, 0) is 6.61 Å². The summed E-state index contributed by atoms with van der Waals surface area (Å²) in [5.74, 6) is 0.417. The second-order valence-corrected chi connectivity index (χ2v) is 8.40. The van der Waals surface area contributed by atoms with Crippen LogP contribution in [0.3, 0.4) is 0 Å². The molecule has 0 aliphatic heterocycles. The minimum Gasteiger partial charge on any atom is -0.487 e. The molecule has 7 nitrogen and oxygen atoms in total. The normalized spacial score (nSPS) is 11.2. The van der Waals surface area contributed by atoms with Crippen LogP contribution in [-0.4, -0.2) is 31.2 Å². The molecule has 0 saturated heterocycles. The molecule has 0 radical (unpaired) electrons. The number of carbonyl (C=O) groups excluding carboxylic acids is 1. The standard InChI is InChI=1S/C25H25N5O2/c1-25(2,3)28-24(31)22-14-23(30(29-22)19-10-7-13-26-15-19)21-12-11-20(16-27-21)32-17-18-8-5-4-6-9-18/h4-16H,17H2,1-3H3,(H,28,31). The maximum absolute atomic E-state index is 12.7. The molecule has 32 heavy (non-hydrogen) atoms. The fraction of sp³-hybridized carbons (Fsp3) is 0.200. The summed E-state index contributed by atoms with van der Waals surface area (Å²) in [5.41, 5.74) is 3.12. The van der Waals surface area contributed by atoms with Gasteiger partial charge in [0.15, 0.2) is 5.69 Å². The van der Waals surface area contributed by atoms with Crippen molar-refractivity contribution in [2.45, 2.75) is 32.9 Å². The number of aromatic nitrogens is 4. The zero-order valence-corrected chi connectivity index (χ0v) is 18.3. The first kappa shape index (κ1) is 21.2. The zero-order valence-electron chi connectivity index (χ0n) is 18.3. The number of ether oxygens (including phenoxy) is 1. The van der Waals surface area contributed by atoms with Crippen molar-refractivity contribution in [3.05, 3.63) is 90.5 Å². The number of carbonyl (C=O) groups is 1. The maximum Gasteiger partial charge on any atom is 0.272 e. The number of nitrogens with one attached hydrogen (secondary N) is 1. The number of hydrogen-bond acceptors (Lipinski definition) is 5. The Morgan fingerprint density at radius 3 is 2.50 bits per heavy atom. The summed E-state index contributed by atoms with van der Waals surface area (Å²) in [7, 11) is 0. The molecular weight excluding hydrogens is 402 g/mol. The first-order valence-corrected chi connectivity index (χ1v) is 10.4. The highest BCUT2D eigenvalue weighted by Gasteiger charge is 2.21. The Balaban J connectivity index is 1.62. The van der Waals surface area contributed by atoms with Crippen LogP contribution in [0.4, 0.5) is 0 Å². The minimum atomic E-state index is -0.370. The highest BCUT2D eigenvalue weighted by Crippen LogP contribution is 2.24.